The fourth-order valence-corrected chi connectivity index (χ4v) is 2.81. The summed E-state index contributed by atoms with van der Waals surface area (Å²) in [6.45, 7) is 3.96. The van der Waals surface area contributed by atoms with Crippen LogP contribution in [0.4, 0.5) is 5.69 Å². The van der Waals surface area contributed by atoms with Crippen molar-refractivity contribution in [2.45, 2.75) is 31.2 Å². The van der Waals surface area contributed by atoms with Crippen molar-refractivity contribution in [3.8, 4) is 0 Å². The Morgan fingerprint density at radius 1 is 1.00 bits per heavy atom. The Morgan fingerprint density at radius 3 is 2.29 bits per heavy atom. The minimum Gasteiger partial charge on any atom is -0.350 e. The van der Waals surface area contributed by atoms with Crippen LogP contribution in [-0.4, -0.2) is 24.1 Å². The van der Waals surface area contributed by atoms with Crippen LogP contribution in [-0.2, 0) is 0 Å². The van der Waals surface area contributed by atoms with Crippen molar-refractivity contribution in [3.05, 3.63) is 59.7 Å². The quantitative estimate of drug-likeness (QED) is 0.774. The van der Waals surface area contributed by atoms with Crippen LogP contribution in [0.2, 0.25) is 0 Å². The largest absolute Gasteiger partial charge is 0.350 e. The van der Waals surface area contributed by atoms with Gasteiger partial charge in [0.05, 0.1) is 16.8 Å². The lowest BCUT2D eigenvalue weighted by atomic mass is 10.1. The van der Waals surface area contributed by atoms with Crippen LogP contribution in [0.5, 0.6) is 0 Å². The summed E-state index contributed by atoms with van der Waals surface area (Å²) in [6, 6.07) is 14.5. The van der Waals surface area contributed by atoms with E-state index in [9.17, 15) is 9.59 Å². The molecule has 0 heterocycles. The fourth-order valence-electron chi connectivity index (χ4n) is 2.22. The normalized spacial score (nSPS) is 11.6. The topological polar surface area (TPSA) is 58.2 Å². The third-order valence-corrected chi connectivity index (χ3v) is 4.56. The van der Waals surface area contributed by atoms with E-state index in [1.807, 2.05) is 38.3 Å². The first-order valence-electron chi connectivity index (χ1n) is 7.91. The lowest BCUT2D eigenvalue weighted by Gasteiger charge is -2.15. The molecule has 0 spiro atoms. The molecular weight excluding hydrogens is 320 g/mol. The van der Waals surface area contributed by atoms with Gasteiger partial charge < -0.3 is 10.6 Å². The second kappa shape index (κ2) is 8.55. The molecule has 1 atom stereocenters. The first-order valence-corrected chi connectivity index (χ1v) is 9.13. The maximum atomic E-state index is 12.6. The molecule has 0 aliphatic rings. The van der Waals surface area contributed by atoms with E-state index in [0.717, 1.165) is 11.3 Å². The number of thioether (sulfide) groups is 1. The molecule has 4 nitrogen and oxygen atoms in total. The maximum Gasteiger partial charge on any atom is 0.256 e. The Labute approximate surface area is 147 Å². The number of carbonyl (C=O) groups is 2. The molecule has 0 saturated heterocycles. The predicted octanol–water partition coefficient (Wildman–Crippen LogP) is 4.19. The summed E-state index contributed by atoms with van der Waals surface area (Å²) in [5, 5.41) is 5.79. The molecular formula is C19H22N2O2S. The highest BCUT2D eigenvalue weighted by Crippen LogP contribution is 2.22. The van der Waals surface area contributed by atoms with Crippen LogP contribution in [0.1, 0.15) is 41.0 Å². The number of anilines is 1. The average molecular weight is 342 g/mol. The van der Waals surface area contributed by atoms with E-state index in [0.29, 0.717) is 16.8 Å². The Bertz CT molecular complexity index is 731. The number of hydrogen-bond acceptors (Lipinski definition) is 3. The number of amides is 2. The number of hydrogen-bond donors (Lipinski definition) is 2. The van der Waals surface area contributed by atoms with Gasteiger partial charge in [-0.1, -0.05) is 31.2 Å². The Balaban J connectivity index is 2.24. The summed E-state index contributed by atoms with van der Waals surface area (Å²) < 4.78 is 0. The average Bonchev–Trinajstić information content (AvgIpc) is 2.61. The van der Waals surface area contributed by atoms with E-state index in [1.54, 1.807) is 30.3 Å². The highest BCUT2D eigenvalue weighted by Gasteiger charge is 2.16. The summed E-state index contributed by atoms with van der Waals surface area (Å²) in [6.07, 6.45) is 2.78. The van der Waals surface area contributed by atoms with Gasteiger partial charge in [-0.3, -0.25) is 9.59 Å². The van der Waals surface area contributed by atoms with E-state index in [2.05, 4.69) is 10.6 Å². The third kappa shape index (κ3) is 4.38. The second-order valence-corrected chi connectivity index (χ2v) is 6.33. The van der Waals surface area contributed by atoms with Gasteiger partial charge in [0.25, 0.3) is 11.8 Å². The zero-order chi connectivity index (χ0) is 17.5. The molecule has 0 aliphatic carbocycles. The molecule has 5 heteroatoms. The van der Waals surface area contributed by atoms with Crippen molar-refractivity contribution in [1.29, 1.82) is 0 Å². The van der Waals surface area contributed by atoms with Crippen LogP contribution < -0.4 is 10.6 Å². The monoisotopic (exact) mass is 342 g/mol. The van der Waals surface area contributed by atoms with E-state index in [1.165, 1.54) is 11.8 Å². The molecule has 24 heavy (non-hydrogen) atoms. The van der Waals surface area contributed by atoms with E-state index < -0.39 is 0 Å². The van der Waals surface area contributed by atoms with E-state index in [4.69, 9.17) is 0 Å². The van der Waals surface area contributed by atoms with Crippen LogP contribution in [0.25, 0.3) is 0 Å². The minimum absolute atomic E-state index is 0.0819. The van der Waals surface area contributed by atoms with Crippen LogP contribution >= 0.6 is 11.8 Å². The lowest BCUT2D eigenvalue weighted by molar-refractivity contribution is 0.0940. The number of rotatable bonds is 6. The fraction of sp³-hybridized carbons (Fsp3) is 0.263. The Morgan fingerprint density at radius 2 is 1.62 bits per heavy atom. The summed E-state index contributed by atoms with van der Waals surface area (Å²) in [5.41, 5.74) is 1.58. The first kappa shape index (κ1) is 18.1. The first-order chi connectivity index (χ1) is 11.6. The van der Waals surface area contributed by atoms with Gasteiger partial charge in [0.1, 0.15) is 0 Å². The number of benzene rings is 2. The third-order valence-electron chi connectivity index (χ3n) is 3.76. The van der Waals surface area contributed by atoms with E-state index in [-0.39, 0.29) is 17.9 Å². The molecule has 2 aromatic rings. The van der Waals surface area contributed by atoms with Crippen molar-refractivity contribution < 1.29 is 9.59 Å². The van der Waals surface area contributed by atoms with Crippen LogP contribution in [0, 0.1) is 0 Å². The molecule has 2 rings (SSSR count). The van der Waals surface area contributed by atoms with Gasteiger partial charge in [-0.05, 0) is 43.9 Å². The highest BCUT2D eigenvalue weighted by molar-refractivity contribution is 7.98. The Kier molecular flexibility index (Phi) is 6.44. The zero-order valence-electron chi connectivity index (χ0n) is 14.1. The van der Waals surface area contributed by atoms with Crippen molar-refractivity contribution in [2.75, 3.05) is 11.6 Å². The molecule has 2 amide bonds. The van der Waals surface area contributed by atoms with Gasteiger partial charge in [0.2, 0.25) is 0 Å². The molecule has 2 aromatic carbocycles. The molecule has 0 radical (unpaired) electrons. The van der Waals surface area contributed by atoms with Gasteiger partial charge in [-0.2, -0.15) is 0 Å². The van der Waals surface area contributed by atoms with Gasteiger partial charge in [-0.25, -0.2) is 0 Å². The van der Waals surface area contributed by atoms with Crippen molar-refractivity contribution in [1.82, 2.24) is 5.32 Å². The molecule has 0 aliphatic heterocycles. The Hall–Kier alpha value is -2.27. The molecule has 0 saturated carbocycles. The highest BCUT2D eigenvalue weighted by atomic mass is 32.2. The summed E-state index contributed by atoms with van der Waals surface area (Å²) in [4.78, 5) is 25.9. The molecule has 126 valence electrons. The number of nitrogens with one attached hydrogen (secondary N) is 2. The maximum absolute atomic E-state index is 12.6. The van der Waals surface area contributed by atoms with Gasteiger partial charge in [0, 0.05) is 10.9 Å². The van der Waals surface area contributed by atoms with Crippen LogP contribution in [0.15, 0.2) is 53.4 Å². The van der Waals surface area contributed by atoms with Gasteiger partial charge >= 0.3 is 0 Å². The van der Waals surface area contributed by atoms with Crippen molar-refractivity contribution in [3.63, 3.8) is 0 Å². The smallest absolute Gasteiger partial charge is 0.256 e. The molecule has 0 aromatic heterocycles. The van der Waals surface area contributed by atoms with E-state index >= 15 is 0 Å². The van der Waals surface area contributed by atoms with Crippen molar-refractivity contribution in [2.24, 2.45) is 0 Å². The standard InChI is InChI=1S/C19H22N2O2S/c1-4-13(2)20-18(22)14-9-5-7-11-16(14)21-19(23)15-10-6-8-12-17(15)24-3/h5-13H,4H2,1-3H3,(H,20,22)(H,21,23). The number of carbonyl (C=O) groups excluding carboxylic acids is 2. The predicted molar refractivity (Wildman–Crippen MR) is 99.8 cm³/mol. The van der Waals surface area contributed by atoms with Gasteiger partial charge in [-0.15, -0.1) is 11.8 Å². The molecule has 2 N–H and O–H groups in total. The molecule has 0 bridgehead atoms. The minimum atomic E-state index is -0.219. The summed E-state index contributed by atoms with van der Waals surface area (Å²) >= 11 is 1.52. The van der Waals surface area contributed by atoms with Crippen molar-refractivity contribution >= 4 is 29.3 Å². The van der Waals surface area contributed by atoms with Crippen LogP contribution in [0.3, 0.4) is 0 Å². The number of para-hydroxylation sites is 1. The SMILES string of the molecule is CCC(C)NC(=O)c1ccccc1NC(=O)c1ccccc1SC. The second-order valence-electron chi connectivity index (χ2n) is 5.48. The van der Waals surface area contributed by atoms with Gasteiger partial charge in [0.15, 0.2) is 0 Å². The zero-order valence-corrected chi connectivity index (χ0v) is 14.9. The molecule has 1 unspecified atom stereocenters. The summed E-state index contributed by atoms with van der Waals surface area (Å²) in [7, 11) is 0. The lowest BCUT2D eigenvalue weighted by Crippen LogP contribution is -2.32. The summed E-state index contributed by atoms with van der Waals surface area (Å²) in [5.74, 6) is -0.401. The molecule has 0 fully saturated rings.